The van der Waals surface area contributed by atoms with Crippen molar-refractivity contribution < 1.29 is 9.47 Å². The summed E-state index contributed by atoms with van der Waals surface area (Å²) < 4.78 is 10.5. The van der Waals surface area contributed by atoms with Crippen LogP contribution in [0.2, 0.25) is 0 Å². The van der Waals surface area contributed by atoms with E-state index in [9.17, 15) is 0 Å². The van der Waals surface area contributed by atoms with Crippen LogP contribution >= 0.6 is 0 Å². The van der Waals surface area contributed by atoms with E-state index in [0.717, 1.165) is 17.8 Å². The van der Waals surface area contributed by atoms with Gasteiger partial charge in [-0.3, -0.25) is 0 Å². The highest BCUT2D eigenvalue weighted by Crippen LogP contribution is 2.30. The SMILES string of the molecule is C=C(OC)c1cnc2c(c1)N(C)CCO2. The molecule has 1 aromatic heterocycles. The second-order valence-electron chi connectivity index (χ2n) is 3.45. The summed E-state index contributed by atoms with van der Waals surface area (Å²) in [5.41, 5.74) is 1.87. The van der Waals surface area contributed by atoms with Gasteiger partial charge in [0.1, 0.15) is 18.1 Å². The molecule has 0 aromatic carbocycles. The van der Waals surface area contributed by atoms with Gasteiger partial charge >= 0.3 is 0 Å². The van der Waals surface area contributed by atoms with E-state index >= 15 is 0 Å². The highest BCUT2D eigenvalue weighted by atomic mass is 16.5. The van der Waals surface area contributed by atoms with Gasteiger partial charge < -0.3 is 14.4 Å². The summed E-state index contributed by atoms with van der Waals surface area (Å²) in [7, 11) is 3.62. The predicted molar refractivity (Wildman–Crippen MR) is 59.0 cm³/mol. The molecule has 2 heterocycles. The highest BCUT2D eigenvalue weighted by Gasteiger charge is 2.17. The van der Waals surface area contributed by atoms with E-state index < -0.39 is 0 Å². The fourth-order valence-electron chi connectivity index (χ4n) is 1.50. The number of nitrogens with zero attached hydrogens (tertiary/aromatic N) is 2. The van der Waals surface area contributed by atoms with Gasteiger partial charge in [0, 0.05) is 18.8 Å². The Labute approximate surface area is 89.1 Å². The Morgan fingerprint density at radius 1 is 1.67 bits per heavy atom. The van der Waals surface area contributed by atoms with Crippen molar-refractivity contribution in [3.05, 3.63) is 24.4 Å². The van der Waals surface area contributed by atoms with Crippen LogP contribution in [0.15, 0.2) is 18.8 Å². The van der Waals surface area contributed by atoms with E-state index in [0.29, 0.717) is 18.2 Å². The van der Waals surface area contributed by atoms with Crippen LogP contribution in [-0.2, 0) is 4.74 Å². The lowest BCUT2D eigenvalue weighted by molar-refractivity contribution is 0.298. The molecular formula is C11H14N2O2. The Morgan fingerprint density at radius 3 is 3.20 bits per heavy atom. The molecule has 15 heavy (non-hydrogen) atoms. The summed E-state index contributed by atoms with van der Waals surface area (Å²) in [6, 6.07) is 1.98. The third kappa shape index (κ3) is 1.75. The number of likely N-dealkylation sites (N-methyl/N-ethyl adjacent to an activating group) is 1. The van der Waals surface area contributed by atoms with Gasteiger partial charge in [-0.05, 0) is 6.07 Å². The maximum absolute atomic E-state index is 5.44. The molecular weight excluding hydrogens is 192 g/mol. The third-order valence-corrected chi connectivity index (χ3v) is 2.48. The summed E-state index contributed by atoms with van der Waals surface area (Å²) in [5.74, 6) is 1.29. The first-order valence-corrected chi connectivity index (χ1v) is 4.79. The molecule has 0 bridgehead atoms. The number of pyridine rings is 1. The minimum Gasteiger partial charge on any atom is -0.497 e. The molecule has 0 unspecified atom stereocenters. The van der Waals surface area contributed by atoms with Crippen molar-refractivity contribution in [1.82, 2.24) is 4.98 Å². The van der Waals surface area contributed by atoms with Crippen molar-refractivity contribution in [2.45, 2.75) is 0 Å². The molecule has 0 N–H and O–H groups in total. The molecule has 1 aliphatic heterocycles. The van der Waals surface area contributed by atoms with Gasteiger partial charge in [0.2, 0.25) is 5.88 Å². The van der Waals surface area contributed by atoms with E-state index in [1.807, 2.05) is 13.1 Å². The van der Waals surface area contributed by atoms with Crippen molar-refractivity contribution >= 4 is 11.4 Å². The Bertz CT molecular complexity index is 390. The van der Waals surface area contributed by atoms with Crippen LogP contribution < -0.4 is 9.64 Å². The van der Waals surface area contributed by atoms with Crippen LogP contribution in [0, 0.1) is 0 Å². The largest absolute Gasteiger partial charge is 0.497 e. The van der Waals surface area contributed by atoms with Gasteiger partial charge in [-0.1, -0.05) is 6.58 Å². The second-order valence-corrected chi connectivity index (χ2v) is 3.45. The lowest BCUT2D eigenvalue weighted by Crippen LogP contribution is -2.29. The Balaban J connectivity index is 2.39. The zero-order chi connectivity index (χ0) is 10.8. The average molecular weight is 206 g/mol. The Hall–Kier alpha value is -1.71. The molecule has 0 amide bonds. The third-order valence-electron chi connectivity index (χ3n) is 2.48. The van der Waals surface area contributed by atoms with Crippen LogP contribution in [0.5, 0.6) is 5.88 Å². The van der Waals surface area contributed by atoms with Crippen molar-refractivity contribution in [3.63, 3.8) is 0 Å². The summed E-state index contributed by atoms with van der Waals surface area (Å²) in [4.78, 5) is 6.34. The van der Waals surface area contributed by atoms with Crippen molar-refractivity contribution in [3.8, 4) is 5.88 Å². The van der Waals surface area contributed by atoms with Crippen LogP contribution in [0.25, 0.3) is 5.76 Å². The van der Waals surface area contributed by atoms with Gasteiger partial charge in [-0.15, -0.1) is 0 Å². The topological polar surface area (TPSA) is 34.6 Å². The van der Waals surface area contributed by atoms with E-state index in [1.165, 1.54) is 0 Å². The molecule has 0 atom stereocenters. The number of hydrogen-bond acceptors (Lipinski definition) is 4. The minimum atomic E-state index is 0.615. The van der Waals surface area contributed by atoms with Gasteiger partial charge in [0.15, 0.2) is 0 Å². The summed E-state index contributed by atoms with van der Waals surface area (Å²) in [6.07, 6.45) is 1.71. The van der Waals surface area contributed by atoms with Crippen LogP contribution in [-0.4, -0.2) is 32.3 Å². The standard InChI is InChI=1S/C11H14N2O2/c1-8(14-3)9-6-10-11(12-7-9)15-5-4-13(10)2/h6-7H,1,4-5H2,2-3H3. The fraction of sp³-hybridized carbons (Fsp3) is 0.364. The van der Waals surface area contributed by atoms with Crippen molar-refractivity contribution in [2.75, 3.05) is 32.2 Å². The molecule has 1 aliphatic rings. The molecule has 0 saturated heterocycles. The molecule has 0 saturated carbocycles. The molecule has 0 spiro atoms. The molecule has 80 valence electrons. The number of hydrogen-bond donors (Lipinski definition) is 0. The maximum Gasteiger partial charge on any atom is 0.237 e. The molecule has 1 aromatic rings. The number of methoxy groups -OCH3 is 1. The number of anilines is 1. The van der Waals surface area contributed by atoms with Gasteiger partial charge in [-0.2, -0.15) is 0 Å². The summed E-state index contributed by atoms with van der Waals surface area (Å²) in [5, 5.41) is 0. The van der Waals surface area contributed by atoms with Gasteiger partial charge in [0.05, 0.1) is 13.7 Å². The molecule has 0 aliphatic carbocycles. The molecule has 0 radical (unpaired) electrons. The quantitative estimate of drug-likeness (QED) is 0.687. The molecule has 0 fully saturated rings. The van der Waals surface area contributed by atoms with Crippen LogP contribution in [0.3, 0.4) is 0 Å². The lowest BCUT2D eigenvalue weighted by Gasteiger charge is -2.26. The van der Waals surface area contributed by atoms with Crippen molar-refractivity contribution in [2.24, 2.45) is 0 Å². The van der Waals surface area contributed by atoms with Crippen LogP contribution in [0.1, 0.15) is 5.56 Å². The summed E-state index contributed by atoms with van der Waals surface area (Å²) >= 11 is 0. The first-order chi connectivity index (χ1) is 7.22. The van der Waals surface area contributed by atoms with E-state index in [4.69, 9.17) is 9.47 Å². The molecule has 4 heteroatoms. The lowest BCUT2D eigenvalue weighted by atomic mass is 10.2. The highest BCUT2D eigenvalue weighted by molar-refractivity contribution is 5.66. The first-order valence-electron chi connectivity index (χ1n) is 4.79. The smallest absolute Gasteiger partial charge is 0.237 e. The Kier molecular flexibility index (Phi) is 2.49. The zero-order valence-corrected chi connectivity index (χ0v) is 8.99. The fourth-order valence-corrected chi connectivity index (χ4v) is 1.50. The number of aromatic nitrogens is 1. The predicted octanol–water partition coefficient (Wildman–Crippen LogP) is 1.53. The van der Waals surface area contributed by atoms with Gasteiger partial charge in [0.25, 0.3) is 0 Å². The number of ether oxygens (including phenoxy) is 2. The number of rotatable bonds is 2. The van der Waals surface area contributed by atoms with E-state index in [2.05, 4.69) is 16.5 Å². The van der Waals surface area contributed by atoms with Gasteiger partial charge in [-0.25, -0.2) is 4.98 Å². The molecule has 4 nitrogen and oxygen atoms in total. The van der Waals surface area contributed by atoms with Crippen LogP contribution in [0.4, 0.5) is 5.69 Å². The minimum absolute atomic E-state index is 0.615. The first kappa shape index (κ1) is 9.83. The van der Waals surface area contributed by atoms with Crippen molar-refractivity contribution in [1.29, 1.82) is 0 Å². The Morgan fingerprint density at radius 2 is 2.47 bits per heavy atom. The second kappa shape index (κ2) is 3.81. The van der Waals surface area contributed by atoms with E-state index in [-0.39, 0.29) is 0 Å². The maximum atomic E-state index is 5.44. The van der Waals surface area contributed by atoms with E-state index in [1.54, 1.807) is 13.3 Å². The molecule has 2 rings (SSSR count). The average Bonchev–Trinajstić information content (AvgIpc) is 2.28. The summed E-state index contributed by atoms with van der Waals surface area (Å²) in [6.45, 7) is 5.35. The monoisotopic (exact) mass is 206 g/mol. The zero-order valence-electron chi connectivity index (χ0n) is 8.99. The number of fused-ring (bicyclic) bond motifs is 1. The normalized spacial score (nSPS) is 14.1.